The average Bonchev–Trinajstić information content (AvgIpc) is 2.77. The third kappa shape index (κ3) is 3.02. The van der Waals surface area contributed by atoms with Gasteiger partial charge in [0.2, 0.25) is 0 Å². The summed E-state index contributed by atoms with van der Waals surface area (Å²) in [5.74, 6) is 0.736. The second-order valence-electron chi connectivity index (χ2n) is 5.39. The highest BCUT2D eigenvalue weighted by molar-refractivity contribution is 7.89. The summed E-state index contributed by atoms with van der Waals surface area (Å²) < 4.78 is 32.3. The van der Waals surface area contributed by atoms with Crippen LogP contribution >= 0.6 is 0 Å². The average molecular weight is 334 g/mol. The lowest BCUT2D eigenvalue weighted by Crippen LogP contribution is -2.31. The number of nitrogens with zero attached hydrogens (tertiary/aromatic N) is 2. The molecular weight excluding hydrogens is 316 g/mol. The third-order valence-electron chi connectivity index (χ3n) is 3.96. The number of benzene rings is 1. The predicted octanol–water partition coefficient (Wildman–Crippen LogP) is 1.93. The Bertz CT molecular complexity index is 803. The maximum Gasteiger partial charge on any atom is 0.260 e. The summed E-state index contributed by atoms with van der Waals surface area (Å²) in [6, 6.07) is 8.34. The molecule has 3 rings (SSSR count). The molecule has 1 aromatic carbocycles. The number of hydrogen-bond donors (Lipinski definition) is 1. The van der Waals surface area contributed by atoms with E-state index in [1.165, 1.54) is 16.4 Å². The third-order valence-corrected chi connectivity index (χ3v) is 5.72. The van der Waals surface area contributed by atoms with E-state index in [0.29, 0.717) is 13.0 Å². The van der Waals surface area contributed by atoms with Crippen LogP contribution in [-0.2, 0) is 23.0 Å². The summed E-state index contributed by atoms with van der Waals surface area (Å²) in [4.78, 5) is 3.84. The van der Waals surface area contributed by atoms with Gasteiger partial charge in [0.15, 0.2) is 5.03 Å². The second-order valence-corrected chi connectivity index (χ2v) is 7.28. The summed E-state index contributed by atoms with van der Waals surface area (Å²) >= 11 is 0. The van der Waals surface area contributed by atoms with Gasteiger partial charge in [-0.25, -0.2) is 13.4 Å². The van der Waals surface area contributed by atoms with Gasteiger partial charge in [0.05, 0.1) is 13.3 Å². The van der Waals surface area contributed by atoms with Gasteiger partial charge in [0, 0.05) is 13.1 Å². The van der Waals surface area contributed by atoms with Crippen molar-refractivity contribution < 1.29 is 18.3 Å². The maximum absolute atomic E-state index is 12.8. The fourth-order valence-corrected chi connectivity index (χ4v) is 4.17. The standard InChI is InChI=1S/C16H18N2O4S/c1-22-15-6-2-4-12-11-18(9-3-5-14(12)15)23(20,21)16-8-7-13(19)10-17-16/h2,4,6-8,10,19H,3,5,9,11H2,1H3. The minimum Gasteiger partial charge on any atom is -0.506 e. The number of hydrogen-bond acceptors (Lipinski definition) is 5. The Kier molecular flexibility index (Phi) is 4.23. The minimum absolute atomic E-state index is 0.0540. The molecule has 0 fully saturated rings. The number of fused-ring (bicyclic) bond motifs is 1. The minimum atomic E-state index is -3.69. The molecule has 122 valence electrons. The fraction of sp³-hybridized carbons (Fsp3) is 0.312. The number of pyridine rings is 1. The van der Waals surface area contributed by atoms with Crippen LogP contribution in [0.1, 0.15) is 17.5 Å². The molecule has 1 aliphatic heterocycles. The quantitative estimate of drug-likeness (QED) is 0.928. The molecule has 0 radical (unpaired) electrons. The van der Waals surface area contributed by atoms with E-state index in [4.69, 9.17) is 4.74 Å². The van der Waals surface area contributed by atoms with Crippen LogP contribution in [-0.4, -0.2) is 36.5 Å². The molecule has 0 atom stereocenters. The van der Waals surface area contributed by atoms with Gasteiger partial charge >= 0.3 is 0 Å². The van der Waals surface area contributed by atoms with E-state index in [1.807, 2.05) is 18.2 Å². The van der Waals surface area contributed by atoms with Gasteiger partial charge in [0.1, 0.15) is 11.5 Å². The molecule has 0 saturated heterocycles. The van der Waals surface area contributed by atoms with Crippen LogP contribution in [0.25, 0.3) is 0 Å². The molecule has 2 aromatic rings. The topological polar surface area (TPSA) is 79.7 Å². The van der Waals surface area contributed by atoms with Crippen LogP contribution < -0.4 is 4.74 Å². The van der Waals surface area contributed by atoms with Crippen molar-refractivity contribution in [2.45, 2.75) is 24.4 Å². The predicted molar refractivity (Wildman–Crippen MR) is 84.8 cm³/mol. The van der Waals surface area contributed by atoms with Crippen molar-refractivity contribution in [3.8, 4) is 11.5 Å². The van der Waals surface area contributed by atoms with Crippen LogP contribution in [0.2, 0.25) is 0 Å². The van der Waals surface area contributed by atoms with E-state index >= 15 is 0 Å². The number of aromatic nitrogens is 1. The largest absolute Gasteiger partial charge is 0.506 e. The van der Waals surface area contributed by atoms with E-state index in [0.717, 1.165) is 29.5 Å². The molecule has 7 heteroatoms. The van der Waals surface area contributed by atoms with E-state index < -0.39 is 10.0 Å². The molecule has 1 aromatic heterocycles. The molecule has 23 heavy (non-hydrogen) atoms. The summed E-state index contributed by atoms with van der Waals surface area (Å²) in [5, 5.41) is 9.23. The Balaban J connectivity index is 1.96. The molecule has 2 heterocycles. The lowest BCUT2D eigenvalue weighted by Gasteiger charge is -2.20. The van der Waals surface area contributed by atoms with Crippen molar-refractivity contribution in [1.29, 1.82) is 0 Å². The Morgan fingerprint density at radius 1 is 1.26 bits per heavy atom. The van der Waals surface area contributed by atoms with Gasteiger partial charge in [-0.3, -0.25) is 0 Å². The zero-order chi connectivity index (χ0) is 16.4. The van der Waals surface area contributed by atoms with Crippen molar-refractivity contribution in [2.75, 3.05) is 13.7 Å². The van der Waals surface area contributed by atoms with E-state index in [-0.39, 0.29) is 17.3 Å². The van der Waals surface area contributed by atoms with E-state index in [1.54, 1.807) is 7.11 Å². The molecule has 1 aliphatic rings. The first-order chi connectivity index (χ1) is 11.0. The van der Waals surface area contributed by atoms with Crippen LogP contribution in [0, 0.1) is 0 Å². The van der Waals surface area contributed by atoms with E-state index in [9.17, 15) is 13.5 Å². The van der Waals surface area contributed by atoms with Crippen molar-refractivity contribution in [2.24, 2.45) is 0 Å². The Morgan fingerprint density at radius 3 is 2.78 bits per heavy atom. The fourth-order valence-electron chi connectivity index (χ4n) is 2.80. The SMILES string of the molecule is COc1cccc2c1CCCN(S(=O)(=O)c1ccc(O)cn1)C2. The zero-order valence-corrected chi connectivity index (χ0v) is 13.6. The first-order valence-electron chi connectivity index (χ1n) is 7.32. The first-order valence-corrected chi connectivity index (χ1v) is 8.76. The zero-order valence-electron chi connectivity index (χ0n) is 12.8. The molecule has 0 bridgehead atoms. The van der Waals surface area contributed by atoms with Gasteiger partial charge in [0.25, 0.3) is 10.0 Å². The first kappa shape index (κ1) is 15.8. The molecule has 6 nitrogen and oxygen atoms in total. The van der Waals surface area contributed by atoms with Crippen molar-refractivity contribution in [3.05, 3.63) is 47.7 Å². The van der Waals surface area contributed by atoms with Crippen LogP contribution in [0.3, 0.4) is 0 Å². The van der Waals surface area contributed by atoms with Crippen LogP contribution in [0.5, 0.6) is 11.5 Å². The Labute approximate surface area is 135 Å². The van der Waals surface area contributed by atoms with Gasteiger partial charge in [-0.1, -0.05) is 12.1 Å². The van der Waals surface area contributed by atoms with Crippen LogP contribution in [0.4, 0.5) is 0 Å². The Hall–Kier alpha value is -2.12. The normalized spacial score (nSPS) is 15.7. The number of methoxy groups -OCH3 is 1. The highest BCUT2D eigenvalue weighted by Gasteiger charge is 2.28. The lowest BCUT2D eigenvalue weighted by molar-refractivity contribution is 0.407. The van der Waals surface area contributed by atoms with Gasteiger partial charge in [-0.05, 0) is 42.2 Å². The molecule has 1 N–H and O–H groups in total. The number of aromatic hydroxyl groups is 1. The lowest BCUT2D eigenvalue weighted by atomic mass is 10.0. The highest BCUT2D eigenvalue weighted by Crippen LogP contribution is 2.29. The summed E-state index contributed by atoms with van der Waals surface area (Å²) in [5.41, 5.74) is 2.01. The summed E-state index contributed by atoms with van der Waals surface area (Å²) in [7, 11) is -2.07. The molecule has 0 saturated carbocycles. The van der Waals surface area contributed by atoms with E-state index in [2.05, 4.69) is 4.98 Å². The molecule has 0 unspecified atom stereocenters. The van der Waals surface area contributed by atoms with Crippen molar-refractivity contribution in [1.82, 2.24) is 9.29 Å². The van der Waals surface area contributed by atoms with Gasteiger partial charge in [-0.15, -0.1) is 0 Å². The van der Waals surface area contributed by atoms with Crippen LogP contribution in [0.15, 0.2) is 41.6 Å². The monoisotopic (exact) mass is 334 g/mol. The molecule has 0 amide bonds. The molecule has 0 aliphatic carbocycles. The van der Waals surface area contributed by atoms with Crippen molar-refractivity contribution in [3.63, 3.8) is 0 Å². The smallest absolute Gasteiger partial charge is 0.260 e. The summed E-state index contributed by atoms with van der Waals surface area (Å²) in [6.45, 7) is 0.708. The van der Waals surface area contributed by atoms with Gasteiger partial charge < -0.3 is 9.84 Å². The maximum atomic E-state index is 12.8. The summed E-state index contributed by atoms with van der Waals surface area (Å²) in [6.07, 6.45) is 2.63. The number of sulfonamides is 1. The molecular formula is C16H18N2O4S. The Morgan fingerprint density at radius 2 is 2.09 bits per heavy atom. The number of rotatable bonds is 3. The molecule has 0 spiro atoms. The highest BCUT2D eigenvalue weighted by atomic mass is 32.2. The van der Waals surface area contributed by atoms with Crippen molar-refractivity contribution >= 4 is 10.0 Å². The number of ether oxygens (including phenoxy) is 1. The van der Waals surface area contributed by atoms with Gasteiger partial charge in [-0.2, -0.15) is 4.31 Å². The second kappa shape index (κ2) is 6.17.